The molecule has 0 unspecified atom stereocenters. The molecule has 2 atom stereocenters. The van der Waals surface area contributed by atoms with Gasteiger partial charge in [-0.05, 0) is 71.5 Å². The maximum atomic E-state index is 14.8. The van der Waals surface area contributed by atoms with Crippen LogP contribution < -0.4 is 10.1 Å². The van der Waals surface area contributed by atoms with Gasteiger partial charge in [-0.1, -0.05) is 19.9 Å². The molecule has 0 radical (unpaired) electrons. The Morgan fingerprint density at radius 3 is 1.87 bits per heavy atom. The van der Waals surface area contributed by atoms with Crippen molar-refractivity contribution in [2.45, 2.75) is 63.9 Å². The Labute approximate surface area is 295 Å². The van der Waals surface area contributed by atoms with Gasteiger partial charge in [0.2, 0.25) is 6.79 Å². The maximum absolute atomic E-state index is 14.8. The van der Waals surface area contributed by atoms with Crippen LogP contribution in [0.1, 0.15) is 66.2 Å². The molecule has 0 spiro atoms. The summed E-state index contributed by atoms with van der Waals surface area (Å²) < 4.78 is 168. The second kappa shape index (κ2) is 17.0. The van der Waals surface area contributed by atoms with Gasteiger partial charge in [0.1, 0.15) is 17.7 Å². The first-order valence-electron chi connectivity index (χ1n) is 14.5. The molecule has 9 nitrogen and oxygen atoms in total. The molecule has 3 N–H and O–H groups in total. The first-order valence-corrected chi connectivity index (χ1v) is 16.0. The van der Waals surface area contributed by atoms with E-state index in [9.17, 15) is 53.3 Å². The van der Waals surface area contributed by atoms with Crippen molar-refractivity contribution in [2.24, 2.45) is 0 Å². The zero-order valence-electron chi connectivity index (χ0n) is 27.2. The van der Waals surface area contributed by atoms with E-state index in [1.165, 1.54) is 13.2 Å². The van der Waals surface area contributed by atoms with Crippen molar-refractivity contribution in [3.63, 3.8) is 0 Å². The predicted octanol–water partition coefficient (Wildman–Crippen LogP) is 9.54. The van der Waals surface area contributed by atoms with E-state index < -0.39 is 86.1 Å². The molecule has 0 aliphatic heterocycles. The molecule has 0 bridgehead atoms. The van der Waals surface area contributed by atoms with E-state index in [-0.39, 0.29) is 64.5 Å². The maximum Gasteiger partial charge on any atom is 0.511 e. The van der Waals surface area contributed by atoms with Gasteiger partial charge in [0.05, 0.1) is 23.8 Å². The van der Waals surface area contributed by atoms with Crippen LogP contribution in [-0.2, 0) is 43.6 Å². The lowest BCUT2D eigenvalue weighted by molar-refractivity contribution is -0.143. The summed E-state index contributed by atoms with van der Waals surface area (Å²) in [6.07, 6.45) is -19.5. The molecule has 52 heavy (non-hydrogen) atoms. The van der Waals surface area contributed by atoms with Crippen molar-refractivity contribution in [1.29, 1.82) is 0 Å². The van der Waals surface area contributed by atoms with Crippen molar-refractivity contribution < 1.29 is 81.8 Å². The van der Waals surface area contributed by atoms with Gasteiger partial charge in [0.25, 0.3) is 0 Å². The summed E-state index contributed by atoms with van der Waals surface area (Å²) in [4.78, 5) is 30.0. The topological polar surface area (TPSA) is 124 Å². The minimum absolute atomic E-state index is 0. The molecule has 0 amide bonds. The molecule has 0 aliphatic carbocycles. The lowest BCUT2D eigenvalue weighted by Gasteiger charge is -2.27. The molecule has 3 aromatic rings. The van der Waals surface area contributed by atoms with Gasteiger partial charge in [-0.2, -0.15) is 39.5 Å². The smallest absolute Gasteiger partial charge is 0.496 e. The summed E-state index contributed by atoms with van der Waals surface area (Å²) in [5.41, 5.74) is -5.37. The van der Waals surface area contributed by atoms with Gasteiger partial charge < -0.3 is 29.3 Å². The quantitative estimate of drug-likeness (QED) is 0.0711. The third kappa shape index (κ3) is 12.0. The summed E-state index contributed by atoms with van der Waals surface area (Å²) in [6.45, 7) is 2.39. The van der Waals surface area contributed by atoms with Crippen molar-refractivity contribution in [3.8, 4) is 16.9 Å². The van der Waals surface area contributed by atoms with Gasteiger partial charge in [-0.25, -0.2) is 18.3 Å². The Morgan fingerprint density at radius 1 is 0.827 bits per heavy atom. The standard InChI is InChI=1S/C31H30F10NO8P.ClH/c1-15(2)23-11-24(26(47-4)12-25(23)32)22-6-5-19(29(33,34)35)9-18(22)13-42-16(3)27(50-28(43)48-14-49-51(44,45)46)17-7-20(30(36,37)38)10-21(8-17)31(39,40)41;/h5-12,15-16,27,42H,13-14H2,1-4H3,(H2,44,45,46);1H/t16-,27-;/m0./s1. The highest BCUT2D eigenvalue weighted by Crippen LogP contribution is 2.41. The second-order valence-electron chi connectivity index (χ2n) is 11.3. The fourth-order valence-corrected chi connectivity index (χ4v) is 5.02. The highest BCUT2D eigenvalue weighted by atomic mass is 35.5. The largest absolute Gasteiger partial charge is 0.511 e. The van der Waals surface area contributed by atoms with Crippen molar-refractivity contribution in [1.82, 2.24) is 5.32 Å². The molecule has 3 rings (SSSR count). The molecular weight excluding hydrogens is 771 g/mol. The number of benzene rings is 3. The summed E-state index contributed by atoms with van der Waals surface area (Å²) in [5, 5.41) is 2.64. The molecular formula is C31H31ClF10NO8P. The predicted molar refractivity (Wildman–Crippen MR) is 166 cm³/mol. The van der Waals surface area contributed by atoms with Crippen LogP contribution in [0.25, 0.3) is 11.1 Å². The first-order chi connectivity index (χ1) is 23.3. The van der Waals surface area contributed by atoms with Crippen molar-refractivity contribution in [2.75, 3.05) is 13.9 Å². The lowest BCUT2D eigenvalue weighted by atomic mass is 9.92. The van der Waals surface area contributed by atoms with E-state index in [2.05, 4.69) is 14.6 Å². The number of nitrogens with one attached hydrogen (secondary N) is 1. The molecule has 0 saturated carbocycles. The van der Waals surface area contributed by atoms with E-state index in [1.807, 2.05) is 0 Å². The second-order valence-corrected chi connectivity index (χ2v) is 12.5. The Bertz CT molecular complexity index is 1730. The van der Waals surface area contributed by atoms with Crippen LogP contribution in [-0.4, -0.2) is 35.9 Å². The number of hydrogen-bond acceptors (Lipinski definition) is 7. The van der Waals surface area contributed by atoms with Crippen LogP contribution in [0.5, 0.6) is 5.75 Å². The van der Waals surface area contributed by atoms with Crippen molar-refractivity contribution >= 4 is 26.4 Å². The average Bonchev–Trinajstić information content (AvgIpc) is 3.00. The van der Waals surface area contributed by atoms with Gasteiger partial charge in [0.15, 0.2) is 0 Å². The highest BCUT2D eigenvalue weighted by molar-refractivity contribution is 7.46. The van der Waals surface area contributed by atoms with Crippen molar-refractivity contribution in [3.05, 3.63) is 87.7 Å². The normalized spacial score (nSPS) is 13.7. The van der Waals surface area contributed by atoms with E-state index in [4.69, 9.17) is 19.3 Å². The fourth-order valence-electron chi connectivity index (χ4n) is 4.83. The minimum Gasteiger partial charge on any atom is -0.496 e. The number of phosphoric acid groups is 1. The number of ether oxygens (including phenoxy) is 3. The van der Waals surface area contributed by atoms with Crippen LogP contribution in [0, 0.1) is 5.82 Å². The number of halogens is 11. The highest BCUT2D eigenvalue weighted by Gasteiger charge is 2.39. The molecule has 3 aromatic carbocycles. The average molecular weight is 802 g/mol. The van der Waals surface area contributed by atoms with Crippen LogP contribution >= 0.6 is 20.2 Å². The van der Waals surface area contributed by atoms with Crippen LogP contribution in [0.2, 0.25) is 0 Å². The van der Waals surface area contributed by atoms with Crippen LogP contribution in [0.3, 0.4) is 0 Å². The lowest BCUT2D eigenvalue weighted by Crippen LogP contribution is -2.35. The molecule has 0 aromatic heterocycles. The Hall–Kier alpha value is -3.61. The Balaban J connectivity index is 0.00000936. The fraction of sp³-hybridized carbons (Fsp3) is 0.387. The summed E-state index contributed by atoms with van der Waals surface area (Å²) in [5.74, 6) is -1.12. The van der Waals surface area contributed by atoms with E-state index in [0.717, 1.165) is 25.1 Å². The van der Waals surface area contributed by atoms with E-state index in [0.29, 0.717) is 6.07 Å². The molecule has 0 saturated heterocycles. The SMILES string of the molecule is COc1cc(F)c(C(C)C)cc1-c1ccc(C(F)(F)F)cc1CN[C@@H](C)[C@H](OC(=O)OCOP(=O)(O)O)c1cc(C(F)(F)F)cc(C(F)(F)F)c1.Cl. The van der Waals surface area contributed by atoms with Crippen LogP contribution in [0.15, 0.2) is 48.5 Å². The molecule has 21 heteroatoms. The molecule has 290 valence electrons. The zero-order valence-corrected chi connectivity index (χ0v) is 29.0. The summed E-state index contributed by atoms with van der Waals surface area (Å²) >= 11 is 0. The third-order valence-corrected chi connectivity index (χ3v) is 7.73. The Morgan fingerprint density at radius 2 is 1.38 bits per heavy atom. The zero-order chi connectivity index (χ0) is 38.7. The minimum atomic E-state index is -5.33. The summed E-state index contributed by atoms with van der Waals surface area (Å²) in [6, 6.07) is 3.69. The van der Waals surface area contributed by atoms with Gasteiger partial charge in [0, 0.05) is 24.2 Å². The Kier molecular flexibility index (Phi) is 14.6. The number of carbonyl (C=O) groups is 1. The number of alkyl halides is 9. The van der Waals surface area contributed by atoms with Crippen LogP contribution in [0.4, 0.5) is 48.7 Å². The first kappa shape index (κ1) is 44.6. The van der Waals surface area contributed by atoms with E-state index in [1.54, 1.807) is 13.8 Å². The van der Waals surface area contributed by atoms with Gasteiger partial charge in [-0.3, -0.25) is 0 Å². The number of carbonyl (C=O) groups excluding carboxylic acids is 1. The summed E-state index contributed by atoms with van der Waals surface area (Å²) in [7, 11) is -4.01. The van der Waals surface area contributed by atoms with E-state index >= 15 is 0 Å². The third-order valence-electron chi connectivity index (χ3n) is 7.29. The number of phosphoric ester groups is 1. The van der Waals surface area contributed by atoms with Gasteiger partial charge >= 0.3 is 32.5 Å². The number of rotatable bonds is 12. The molecule has 0 heterocycles. The molecule has 0 fully saturated rings. The molecule has 0 aliphatic rings. The van der Waals surface area contributed by atoms with Gasteiger partial charge in [-0.15, -0.1) is 12.4 Å². The number of methoxy groups -OCH3 is 1. The monoisotopic (exact) mass is 801 g/mol. The number of hydrogen-bond donors (Lipinski definition) is 3.